The van der Waals surface area contributed by atoms with Crippen LogP contribution in [0.4, 0.5) is 0 Å². The molecular weight excluding hydrogens is 372 g/mol. The van der Waals surface area contributed by atoms with Crippen molar-refractivity contribution in [3.05, 3.63) is 71.5 Å². The summed E-state index contributed by atoms with van der Waals surface area (Å²) in [6, 6.07) is 17.7. The summed E-state index contributed by atoms with van der Waals surface area (Å²) >= 11 is 1.36. The van der Waals surface area contributed by atoms with Crippen LogP contribution >= 0.6 is 11.8 Å². The molecular formula is C21H24N4O2S. The summed E-state index contributed by atoms with van der Waals surface area (Å²) in [4.78, 5) is 12.1. The summed E-state index contributed by atoms with van der Waals surface area (Å²) in [5.74, 6) is 1.76. The topological polar surface area (TPSA) is 69.0 Å². The third-order valence-corrected chi connectivity index (χ3v) is 5.22. The molecule has 0 saturated heterocycles. The molecule has 1 heterocycles. The molecule has 0 aliphatic rings. The van der Waals surface area contributed by atoms with Gasteiger partial charge in [-0.15, -0.1) is 10.2 Å². The molecule has 3 rings (SSSR count). The zero-order valence-electron chi connectivity index (χ0n) is 16.3. The van der Waals surface area contributed by atoms with E-state index in [1.807, 2.05) is 80.1 Å². The molecule has 1 unspecified atom stereocenters. The Kier molecular flexibility index (Phi) is 6.71. The van der Waals surface area contributed by atoms with E-state index in [4.69, 9.17) is 4.74 Å². The molecule has 1 amide bonds. The minimum Gasteiger partial charge on any atom is -0.483 e. The fourth-order valence-corrected chi connectivity index (χ4v) is 3.48. The Hall–Kier alpha value is -2.80. The molecule has 1 N–H and O–H groups in total. The summed E-state index contributed by atoms with van der Waals surface area (Å²) in [6.07, 6.45) is -0.249. The minimum absolute atomic E-state index is 0.0394. The first-order valence-corrected chi connectivity index (χ1v) is 10.1. The summed E-state index contributed by atoms with van der Waals surface area (Å²) < 4.78 is 7.85. The van der Waals surface area contributed by atoms with Gasteiger partial charge in [0.2, 0.25) is 5.91 Å². The molecule has 0 spiro atoms. The van der Waals surface area contributed by atoms with Crippen molar-refractivity contribution in [2.75, 3.05) is 5.75 Å². The highest BCUT2D eigenvalue weighted by Crippen LogP contribution is 2.24. The lowest BCUT2D eigenvalue weighted by Crippen LogP contribution is -2.24. The Balaban J connectivity index is 1.53. The third-order valence-electron chi connectivity index (χ3n) is 4.20. The molecule has 0 fully saturated rings. The number of nitrogens with one attached hydrogen (secondary N) is 1. The Morgan fingerprint density at radius 3 is 2.71 bits per heavy atom. The van der Waals surface area contributed by atoms with Crippen molar-refractivity contribution >= 4 is 17.7 Å². The number of ether oxygens (including phenoxy) is 1. The van der Waals surface area contributed by atoms with Crippen LogP contribution in [0.5, 0.6) is 5.75 Å². The van der Waals surface area contributed by atoms with Gasteiger partial charge in [0, 0.05) is 13.6 Å². The second-order valence-electron chi connectivity index (χ2n) is 6.53. The molecule has 1 aromatic heterocycles. The zero-order chi connectivity index (χ0) is 19.9. The number of aromatic nitrogens is 3. The highest BCUT2D eigenvalue weighted by molar-refractivity contribution is 7.99. The average Bonchev–Trinajstić information content (AvgIpc) is 3.06. The van der Waals surface area contributed by atoms with Crippen LogP contribution in [0.25, 0.3) is 0 Å². The van der Waals surface area contributed by atoms with Crippen molar-refractivity contribution in [1.82, 2.24) is 20.1 Å². The average molecular weight is 397 g/mol. The van der Waals surface area contributed by atoms with E-state index in [9.17, 15) is 4.79 Å². The number of hydrogen-bond donors (Lipinski definition) is 1. The summed E-state index contributed by atoms with van der Waals surface area (Å²) in [5.41, 5.74) is 2.21. The van der Waals surface area contributed by atoms with E-state index >= 15 is 0 Å². The van der Waals surface area contributed by atoms with E-state index in [1.54, 1.807) is 0 Å². The smallest absolute Gasteiger partial charge is 0.230 e. The predicted molar refractivity (Wildman–Crippen MR) is 110 cm³/mol. The maximum Gasteiger partial charge on any atom is 0.230 e. The quantitative estimate of drug-likeness (QED) is 0.589. The molecule has 1 atom stereocenters. The van der Waals surface area contributed by atoms with Crippen LogP contribution in [-0.2, 0) is 18.4 Å². The molecule has 0 aliphatic carbocycles. The second-order valence-corrected chi connectivity index (χ2v) is 7.47. The number of amides is 1. The van der Waals surface area contributed by atoms with Gasteiger partial charge < -0.3 is 14.6 Å². The van der Waals surface area contributed by atoms with Gasteiger partial charge in [0.05, 0.1) is 5.75 Å². The van der Waals surface area contributed by atoms with Gasteiger partial charge in [0.15, 0.2) is 17.1 Å². The van der Waals surface area contributed by atoms with Gasteiger partial charge in [-0.3, -0.25) is 4.79 Å². The van der Waals surface area contributed by atoms with Gasteiger partial charge in [-0.25, -0.2) is 0 Å². The first-order valence-electron chi connectivity index (χ1n) is 9.09. The van der Waals surface area contributed by atoms with Crippen LogP contribution in [-0.4, -0.2) is 26.4 Å². The minimum atomic E-state index is -0.249. The van der Waals surface area contributed by atoms with E-state index in [0.29, 0.717) is 17.5 Å². The largest absolute Gasteiger partial charge is 0.483 e. The number of hydrogen-bond acceptors (Lipinski definition) is 5. The highest BCUT2D eigenvalue weighted by Gasteiger charge is 2.18. The molecule has 3 aromatic rings. The molecule has 0 bridgehead atoms. The van der Waals surface area contributed by atoms with Gasteiger partial charge in [-0.05, 0) is 37.1 Å². The van der Waals surface area contributed by atoms with Crippen molar-refractivity contribution in [2.45, 2.75) is 31.7 Å². The van der Waals surface area contributed by atoms with Crippen LogP contribution < -0.4 is 10.1 Å². The predicted octanol–water partition coefficient (Wildman–Crippen LogP) is 3.67. The summed E-state index contributed by atoms with van der Waals surface area (Å²) in [5, 5.41) is 12.0. The SMILES string of the molecule is Cc1cccc(OC(C)c2nnc(SCC(=O)NCc3ccccc3)n2C)c1. The molecule has 2 aromatic carbocycles. The lowest BCUT2D eigenvalue weighted by molar-refractivity contribution is -0.118. The van der Waals surface area contributed by atoms with Crippen LogP contribution in [0.2, 0.25) is 0 Å². The maximum atomic E-state index is 12.1. The van der Waals surface area contributed by atoms with Crippen molar-refractivity contribution < 1.29 is 9.53 Å². The second kappa shape index (κ2) is 9.41. The fraction of sp³-hybridized carbons (Fsp3) is 0.286. The monoisotopic (exact) mass is 396 g/mol. The fourth-order valence-electron chi connectivity index (χ4n) is 2.73. The van der Waals surface area contributed by atoms with Crippen molar-refractivity contribution in [2.24, 2.45) is 7.05 Å². The molecule has 0 saturated carbocycles. The highest BCUT2D eigenvalue weighted by atomic mass is 32.2. The maximum absolute atomic E-state index is 12.1. The molecule has 146 valence electrons. The number of carbonyl (C=O) groups excluding carboxylic acids is 1. The Morgan fingerprint density at radius 1 is 1.18 bits per heavy atom. The first kappa shape index (κ1) is 19.9. The van der Waals surface area contributed by atoms with E-state index in [2.05, 4.69) is 15.5 Å². The molecule has 28 heavy (non-hydrogen) atoms. The van der Waals surface area contributed by atoms with E-state index in [0.717, 1.165) is 16.9 Å². The van der Waals surface area contributed by atoms with Gasteiger partial charge in [0.1, 0.15) is 5.75 Å². The van der Waals surface area contributed by atoms with Gasteiger partial charge >= 0.3 is 0 Å². The Bertz CT molecular complexity index is 927. The van der Waals surface area contributed by atoms with Crippen molar-refractivity contribution in [1.29, 1.82) is 0 Å². The standard InChI is InChI=1S/C21H24N4O2S/c1-15-8-7-11-18(12-15)27-16(2)20-23-24-21(25(20)3)28-14-19(26)22-13-17-9-5-4-6-10-17/h4-12,16H,13-14H2,1-3H3,(H,22,26). The number of carbonyl (C=O) groups is 1. The van der Waals surface area contributed by atoms with Crippen molar-refractivity contribution in [3.63, 3.8) is 0 Å². The Morgan fingerprint density at radius 2 is 1.96 bits per heavy atom. The molecule has 0 radical (unpaired) electrons. The van der Waals surface area contributed by atoms with Gasteiger partial charge in [-0.1, -0.05) is 54.2 Å². The number of rotatable bonds is 8. The van der Waals surface area contributed by atoms with Crippen LogP contribution in [0.3, 0.4) is 0 Å². The summed E-state index contributed by atoms with van der Waals surface area (Å²) in [6.45, 7) is 4.48. The number of nitrogens with zero attached hydrogens (tertiary/aromatic N) is 3. The first-order chi connectivity index (χ1) is 13.5. The molecule has 0 aliphatic heterocycles. The summed E-state index contributed by atoms with van der Waals surface area (Å²) in [7, 11) is 1.88. The van der Waals surface area contributed by atoms with Crippen LogP contribution in [0.15, 0.2) is 59.8 Å². The van der Waals surface area contributed by atoms with E-state index in [1.165, 1.54) is 11.8 Å². The van der Waals surface area contributed by atoms with Crippen LogP contribution in [0, 0.1) is 6.92 Å². The lowest BCUT2D eigenvalue weighted by Gasteiger charge is -2.14. The number of benzene rings is 2. The van der Waals surface area contributed by atoms with Gasteiger partial charge in [0.25, 0.3) is 0 Å². The normalized spacial score (nSPS) is 11.8. The Labute approximate surface area is 169 Å². The molecule has 7 heteroatoms. The van der Waals surface area contributed by atoms with E-state index in [-0.39, 0.29) is 17.8 Å². The lowest BCUT2D eigenvalue weighted by atomic mass is 10.2. The van der Waals surface area contributed by atoms with Crippen LogP contribution in [0.1, 0.15) is 30.0 Å². The molecule has 6 nitrogen and oxygen atoms in total. The number of thioether (sulfide) groups is 1. The zero-order valence-corrected chi connectivity index (χ0v) is 17.1. The van der Waals surface area contributed by atoms with Gasteiger partial charge in [-0.2, -0.15) is 0 Å². The van der Waals surface area contributed by atoms with E-state index < -0.39 is 0 Å². The number of aryl methyl sites for hydroxylation is 1. The van der Waals surface area contributed by atoms with Crippen molar-refractivity contribution in [3.8, 4) is 5.75 Å². The third kappa shape index (κ3) is 5.36.